The lowest BCUT2D eigenvalue weighted by Crippen LogP contribution is -2.10. The summed E-state index contributed by atoms with van der Waals surface area (Å²) in [6.45, 7) is 3.34. The van der Waals surface area contributed by atoms with Gasteiger partial charge in [0, 0.05) is 0 Å². The van der Waals surface area contributed by atoms with Gasteiger partial charge in [-0.3, -0.25) is 5.43 Å². The van der Waals surface area contributed by atoms with E-state index in [0.717, 1.165) is 5.56 Å². The summed E-state index contributed by atoms with van der Waals surface area (Å²) in [4.78, 5) is 10.5. The zero-order valence-corrected chi connectivity index (χ0v) is 9.44. The summed E-state index contributed by atoms with van der Waals surface area (Å²) in [7, 11) is 1.55. The Labute approximate surface area is 93.7 Å². The molecule has 1 rings (SSSR count). The van der Waals surface area contributed by atoms with Crippen LogP contribution in [0.25, 0.3) is 0 Å². The molecule has 86 valence electrons. The molecular formula is C11H14N2O3. The van der Waals surface area contributed by atoms with Crippen molar-refractivity contribution in [3.8, 4) is 5.75 Å². The van der Waals surface area contributed by atoms with Gasteiger partial charge in [-0.25, -0.2) is 4.79 Å². The second kappa shape index (κ2) is 5.16. The second-order valence-corrected chi connectivity index (χ2v) is 3.32. The average molecular weight is 222 g/mol. The van der Waals surface area contributed by atoms with E-state index in [1.54, 1.807) is 13.2 Å². The lowest BCUT2D eigenvalue weighted by Gasteiger charge is -2.08. The number of nitrogens with zero attached hydrogens (tertiary/aromatic N) is 1. The third kappa shape index (κ3) is 2.98. The number of carboxylic acid groups (broad SMARTS) is 1. The van der Waals surface area contributed by atoms with Gasteiger partial charge in [0.25, 0.3) is 0 Å². The molecule has 0 heterocycles. The summed E-state index contributed by atoms with van der Waals surface area (Å²) in [5, 5.41) is 12.4. The van der Waals surface area contributed by atoms with Gasteiger partial charge in [-0.15, -0.1) is 0 Å². The molecule has 0 aliphatic rings. The second-order valence-electron chi connectivity index (χ2n) is 3.32. The van der Waals surface area contributed by atoms with Gasteiger partial charge in [0.05, 0.1) is 12.8 Å². The highest BCUT2D eigenvalue weighted by Gasteiger charge is 2.04. The molecule has 1 aromatic carbocycles. The SMILES string of the molecule is COc1ccc(C)cc1NN=C(C)C(=O)O. The maximum atomic E-state index is 10.5. The first-order chi connectivity index (χ1) is 7.54. The molecule has 5 heteroatoms. The van der Waals surface area contributed by atoms with E-state index < -0.39 is 5.97 Å². The lowest BCUT2D eigenvalue weighted by atomic mass is 10.2. The van der Waals surface area contributed by atoms with Crippen LogP contribution < -0.4 is 10.2 Å². The Morgan fingerprint density at radius 2 is 2.19 bits per heavy atom. The van der Waals surface area contributed by atoms with Crippen molar-refractivity contribution in [2.24, 2.45) is 5.10 Å². The summed E-state index contributed by atoms with van der Waals surface area (Å²) in [5.41, 5.74) is 4.33. The Bertz CT molecular complexity index is 427. The van der Waals surface area contributed by atoms with E-state index in [1.807, 2.05) is 19.1 Å². The summed E-state index contributed by atoms with van der Waals surface area (Å²) < 4.78 is 5.11. The van der Waals surface area contributed by atoms with Crippen molar-refractivity contribution in [1.29, 1.82) is 0 Å². The number of carbonyl (C=O) groups is 1. The van der Waals surface area contributed by atoms with Crippen molar-refractivity contribution in [3.05, 3.63) is 23.8 Å². The van der Waals surface area contributed by atoms with Crippen LogP contribution in [0.2, 0.25) is 0 Å². The molecule has 0 bridgehead atoms. The van der Waals surface area contributed by atoms with E-state index in [1.165, 1.54) is 6.92 Å². The van der Waals surface area contributed by atoms with Crippen LogP contribution in [-0.2, 0) is 4.79 Å². The first kappa shape index (κ1) is 12.0. The van der Waals surface area contributed by atoms with Gasteiger partial charge in [-0.05, 0) is 31.5 Å². The molecule has 5 nitrogen and oxygen atoms in total. The lowest BCUT2D eigenvalue weighted by molar-refractivity contribution is -0.129. The number of methoxy groups -OCH3 is 1. The number of aryl methyl sites for hydroxylation is 1. The normalized spacial score (nSPS) is 11.1. The number of hydrogen-bond acceptors (Lipinski definition) is 4. The number of anilines is 1. The van der Waals surface area contributed by atoms with Crippen molar-refractivity contribution in [2.75, 3.05) is 12.5 Å². The van der Waals surface area contributed by atoms with E-state index in [0.29, 0.717) is 11.4 Å². The molecule has 0 aromatic heterocycles. The Kier molecular flexibility index (Phi) is 3.88. The molecule has 16 heavy (non-hydrogen) atoms. The van der Waals surface area contributed by atoms with Crippen LogP contribution in [0.3, 0.4) is 0 Å². The number of nitrogens with one attached hydrogen (secondary N) is 1. The van der Waals surface area contributed by atoms with Crippen molar-refractivity contribution in [3.63, 3.8) is 0 Å². The molecule has 0 atom stereocenters. The minimum Gasteiger partial charge on any atom is -0.495 e. The minimum atomic E-state index is -1.06. The van der Waals surface area contributed by atoms with E-state index in [9.17, 15) is 4.79 Å². The number of aliphatic carboxylic acids is 1. The monoisotopic (exact) mass is 222 g/mol. The van der Waals surface area contributed by atoms with Crippen LogP contribution in [0.4, 0.5) is 5.69 Å². The van der Waals surface area contributed by atoms with Gasteiger partial charge in [0.1, 0.15) is 11.5 Å². The van der Waals surface area contributed by atoms with Crippen molar-refractivity contribution in [1.82, 2.24) is 0 Å². The van der Waals surface area contributed by atoms with Gasteiger partial charge < -0.3 is 9.84 Å². The predicted octanol–water partition coefficient (Wildman–Crippen LogP) is 1.88. The molecule has 0 aliphatic carbocycles. The molecule has 0 fully saturated rings. The fourth-order valence-electron chi connectivity index (χ4n) is 1.10. The highest BCUT2D eigenvalue weighted by atomic mass is 16.5. The summed E-state index contributed by atoms with van der Waals surface area (Å²) in [6, 6.07) is 5.53. The molecule has 0 unspecified atom stereocenters. The first-order valence-electron chi connectivity index (χ1n) is 4.73. The van der Waals surface area contributed by atoms with Crippen LogP contribution in [0.5, 0.6) is 5.75 Å². The number of hydrazone groups is 1. The maximum Gasteiger partial charge on any atom is 0.351 e. The number of benzene rings is 1. The van der Waals surface area contributed by atoms with Crippen molar-refractivity contribution < 1.29 is 14.6 Å². The van der Waals surface area contributed by atoms with Gasteiger partial charge in [-0.2, -0.15) is 5.10 Å². The van der Waals surface area contributed by atoms with Crippen LogP contribution >= 0.6 is 0 Å². The zero-order chi connectivity index (χ0) is 12.1. The molecule has 0 spiro atoms. The summed E-state index contributed by atoms with van der Waals surface area (Å²) in [5.74, 6) is -0.438. The van der Waals surface area contributed by atoms with Crippen LogP contribution in [-0.4, -0.2) is 23.9 Å². The van der Waals surface area contributed by atoms with Gasteiger partial charge in [-0.1, -0.05) is 6.07 Å². The molecule has 1 aromatic rings. The molecule has 0 radical (unpaired) electrons. The van der Waals surface area contributed by atoms with E-state index in [-0.39, 0.29) is 5.71 Å². The van der Waals surface area contributed by atoms with Crippen LogP contribution in [0.1, 0.15) is 12.5 Å². The predicted molar refractivity (Wildman–Crippen MR) is 62.1 cm³/mol. The fourth-order valence-corrected chi connectivity index (χ4v) is 1.10. The summed E-state index contributed by atoms with van der Waals surface area (Å²) in [6.07, 6.45) is 0. The molecule has 0 amide bonds. The third-order valence-corrected chi connectivity index (χ3v) is 2.01. The van der Waals surface area contributed by atoms with E-state index in [4.69, 9.17) is 9.84 Å². The highest BCUT2D eigenvalue weighted by Crippen LogP contribution is 2.24. The van der Waals surface area contributed by atoms with Gasteiger partial charge in [0.2, 0.25) is 0 Å². The van der Waals surface area contributed by atoms with E-state index >= 15 is 0 Å². The molecular weight excluding hydrogens is 208 g/mol. The topological polar surface area (TPSA) is 70.9 Å². The number of rotatable bonds is 4. The molecule has 0 saturated heterocycles. The Hall–Kier alpha value is -2.04. The first-order valence-corrected chi connectivity index (χ1v) is 4.73. The quantitative estimate of drug-likeness (QED) is 0.602. The Balaban J connectivity index is 2.92. The minimum absolute atomic E-state index is 0.0106. The van der Waals surface area contributed by atoms with Crippen molar-refractivity contribution >= 4 is 17.4 Å². The Morgan fingerprint density at radius 3 is 2.75 bits per heavy atom. The average Bonchev–Trinajstić information content (AvgIpc) is 2.25. The third-order valence-electron chi connectivity index (χ3n) is 2.01. The zero-order valence-electron chi connectivity index (χ0n) is 9.44. The highest BCUT2D eigenvalue weighted by molar-refractivity contribution is 6.34. The number of hydrogen-bond donors (Lipinski definition) is 2. The number of carboxylic acids is 1. The fraction of sp³-hybridized carbons (Fsp3) is 0.273. The number of ether oxygens (including phenoxy) is 1. The standard InChI is InChI=1S/C11H14N2O3/c1-7-4-5-10(16-3)9(6-7)13-12-8(2)11(14)15/h4-6,13H,1-3H3,(H,14,15). The van der Waals surface area contributed by atoms with Gasteiger partial charge in [0.15, 0.2) is 0 Å². The Morgan fingerprint density at radius 1 is 1.50 bits per heavy atom. The molecule has 0 saturated carbocycles. The van der Waals surface area contributed by atoms with E-state index in [2.05, 4.69) is 10.5 Å². The maximum absolute atomic E-state index is 10.5. The van der Waals surface area contributed by atoms with Crippen molar-refractivity contribution in [2.45, 2.75) is 13.8 Å². The molecule has 0 aliphatic heterocycles. The summed E-state index contributed by atoms with van der Waals surface area (Å²) >= 11 is 0. The smallest absolute Gasteiger partial charge is 0.351 e. The van der Waals surface area contributed by atoms with Crippen LogP contribution in [0, 0.1) is 6.92 Å². The van der Waals surface area contributed by atoms with Crippen LogP contribution in [0.15, 0.2) is 23.3 Å². The molecule has 2 N–H and O–H groups in total. The van der Waals surface area contributed by atoms with Gasteiger partial charge >= 0.3 is 5.97 Å². The largest absolute Gasteiger partial charge is 0.495 e.